The summed E-state index contributed by atoms with van der Waals surface area (Å²) in [7, 11) is 3.83. The molecular weight excluding hydrogens is 941 g/mol. The van der Waals surface area contributed by atoms with E-state index < -0.39 is 35.9 Å². The topological polar surface area (TPSA) is 181 Å². The van der Waals surface area contributed by atoms with Gasteiger partial charge in [0.15, 0.2) is 0 Å². The predicted octanol–water partition coefficient (Wildman–Crippen LogP) is 12.1. The summed E-state index contributed by atoms with van der Waals surface area (Å²) in [6, 6.07) is -0.600. The van der Waals surface area contributed by atoms with E-state index in [4.69, 9.17) is 28.4 Å². The van der Waals surface area contributed by atoms with E-state index in [1.54, 1.807) is 4.90 Å². The van der Waals surface area contributed by atoms with Crippen LogP contribution in [0, 0.1) is 11.8 Å². The fourth-order valence-electron chi connectivity index (χ4n) is 8.36. The fraction of sp³-hybridized carbons (Fsp3) is 0.875. The van der Waals surface area contributed by atoms with E-state index in [1.165, 1.54) is 25.7 Å². The summed E-state index contributed by atoms with van der Waals surface area (Å²) in [6.45, 7) is 8.76. The number of amides is 1. The average molecular weight is 1040 g/mol. The standard InChI is InChI=1S/C56H100N2O13S/c1-7-11-15-19-23-27-31-50(59)66-41-46(42-67-51(60)32-28-24-20-16-12-8-2)37-54(63)70-45-48-39-49(40-58(48)56(65)72-36-35-57(5)6)71-55(64)38-47(43-68-52(61)33-29-25-21-17-13-9-3)44-69-53(62)34-30-26-22-18-14-10-4/h46-49H,7-45H2,1-6H3/t48-,49+/m0/s1. The molecular formula is C56H100N2O13S. The molecule has 0 bridgehead atoms. The van der Waals surface area contributed by atoms with Gasteiger partial charge in [-0.1, -0.05) is 168 Å². The van der Waals surface area contributed by atoms with Crippen LogP contribution >= 0.6 is 11.8 Å². The van der Waals surface area contributed by atoms with E-state index in [2.05, 4.69) is 27.7 Å². The Morgan fingerprint density at radius 1 is 0.472 bits per heavy atom. The van der Waals surface area contributed by atoms with E-state index in [-0.39, 0.29) is 114 Å². The van der Waals surface area contributed by atoms with Gasteiger partial charge < -0.3 is 38.2 Å². The van der Waals surface area contributed by atoms with Crippen molar-refractivity contribution >= 4 is 52.8 Å². The number of likely N-dealkylation sites (tertiary alicyclic amines) is 1. The van der Waals surface area contributed by atoms with Crippen LogP contribution in [-0.2, 0) is 57.2 Å². The Labute approximate surface area is 439 Å². The molecule has 0 aromatic heterocycles. The molecule has 72 heavy (non-hydrogen) atoms. The van der Waals surface area contributed by atoms with Crippen LogP contribution in [0.15, 0.2) is 0 Å². The number of carbonyl (C=O) groups is 7. The molecule has 1 saturated heterocycles. The zero-order valence-electron chi connectivity index (χ0n) is 46.0. The maximum Gasteiger partial charge on any atom is 0.306 e. The quantitative estimate of drug-likeness (QED) is 0.0319. The highest BCUT2D eigenvalue weighted by atomic mass is 32.2. The highest BCUT2D eigenvalue weighted by molar-refractivity contribution is 8.13. The molecule has 0 aliphatic carbocycles. The summed E-state index contributed by atoms with van der Waals surface area (Å²) in [5.74, 6) is -3.39. The summed E-state index contributed by atoms with van der Waals surface area (Å²) >= 11 is 1.13. The van der Waals surface area contributed by atoms with Crippen molar-refractivity contribution in [1.29, 1.82) is 0 Å². The molecule has 0 aromatic carbocycles. The predicted molar refractivity (Wildman–Crippen MR) is 284 cm³/mol. The number of hydrogen-bond donors (Lipinski definition) is 0. The molecule has 1 aliphatic heterocycles. The summed E-state index contributed by atoms with van der Waals surface area (Å²) in [5.41, 5.74) is 0. The van der Waals surface area contributed by atoms with Gasteiger partial charge in [0.25, 0.3) is 5.24 Å². The minimum atomic E-state index is -0.712. The molecule has 1 fully saturated rings. The van der Waals surface area contributed by atoms with Crippen molar-refractivity contribution in [2.45, 2.75) is 239 Å². The van der Waals surface area contributed by atoms with Gasteiger partial charge in [-0.25, -0.2) is 0 Å². The molecule has 1 amide bonds. The van der Waals surface area contributed by atoms with Crippen LogP contribution in [0.3, 0.4) is 0 Å². The fourth-order valence-corrected chi connectivity index (χ4v) is 9.38. The molecule has 1 rings (SSSR count). The van der Waals surface area contributed by atoms with E-state index >= 15 is 0 Å². The molecule has 2 atom stereocenters. The molecule has 418 valence electrons. The van der Waals surface area contributed by atoms with Crippen LogP contribution in [0.25, 0.3) is 0 Å². The van der Waals surface area contributed by atoms with Crippen LogP contribution in [-0.4, -0.2) is 129 Å². The SMILES string of the molecule is CCCCCCCCC(=O)OCC(COC(=O)CCCCCCCC)CC(=O)OC[C@@H]1C[C@@H](OC(=O)CC(COC(=O)CCCCCCCC)COC(=O)CCCCCCCC)CN1C(=O)SCCN(C)C. The Morgan fingerprint density at radius 3 is 1.18 bits per heavy atom. The summed E-state index contributed by atoms with van der Waals surface area (Å²) in [4.78, 5) is 95.0. The molecule has 0 aromatic rings. The summed E-state index contributed by atoms with van der Waals surface area (Å²) in [5, 5.41) is -0.240. The molecule has 1 heterocycles. The number of rotatable bonds is 46. The monoisotopic (exact) mass is 1040 g/mol. The molecule has 0 radical (unpaired) electrons. The first-order chi connectivity index (χ1) is 34.8. The van der Waals surface area contributed by atoms with Crippen molar-refractivity contribution in [3.05, 3.63) is 0 Å². The van der Waals surface area contributed by atoms with E-state index in [0.29, 0.717) is 38.0 Å². The van der Waals surface area contributed by atoms with Crippen LogP contribution < -0.4 is 0 Å². The lowest BCUT2D eigenvalue weighted by Gasteiger charge is -2.24. The molecule has 0 N–H and O–H groups in total. The first-order valence-corrected chi connectivity index (χ1v) is 29.4. The maximum absolute atomic E-state index is 13.6. The highest BCUT2D eigenvalue weighted by Crippen LogP contribution is 2.27. The van der Waals surface area contributed by atoms with Crippen LogP contribution in [0.5, 0.6) is 0 Å². The lowest BCUT2D eigenvalue weighted by molar-refractivity contribution is -0.157. The molecule has 0 unspecified atom stereocenters. The Morgan fingerprint density at radius 2 is 0.819 bits per heavy atom. The third kappa shape index (κ3) is 37.3. The number of ether oxygens (including phenoxy) is 6. The number of hydrogen-bond acceptors (Lipinski definition) is 15. The third-order valence-electron chi connectivity index (χ3n) is 12.9. The van der Waals surface area contributed by atoms with Crippen molar-refractivity contribution in [2.75, 3.05) is 66.0 Å². The third-order valence-corrected chi connectivity index (χ3v) is 13.7. The summed E-state index contributed by atoms with van der Waals surface area (Å²) < 4.78 is 34.1. The lowest BCUT2D eigenvalue weighted by Crippen LogP contribution is -2.37. The zero-order chi connectivity index (χ0) is 53.0. The Balaban J connectivity index is 3.01. The van der Waals surface area contributed by atoms with Crippen molar-refractivity contribution < 1.29 is 62.0 Å². The second-order valence-corrected chi connectivity index (χ2v) is 21.2. The minimum Gasteiger partial charge on any atom is -0.465 e. The van der Waals surface area contributed by atoms with Crippen LogP contribution in [0.1, 0.15) is 227 Å². The normalized spacial score (nSPS) is 14.5. The van der Waals surface area contributed by atoms with Crippen molar-refractivity contribution in [1.82, 2.24) is 9.80 Å². The Hall–Kier alpha value is -3.40. The number of unbranched alkanes of at least 4 members (excludes halogenated alkanes) is 20. The second kappa shape index (κ2) is 45.0. The van der Waals surface area contributed by atoms with Crippen molar-refractivity contribution in [3.63, 3.8) is 0 Å². The lowest BCUT2D eigenvalue weighted by atomic mass is 10.1. The van der Waals surface area contributed by atoms with Gasteiger partial charge in [0.2, 0.25) is 0 Å². The van der Waals surface area contributed by atoms with Gasteiger partial charge in [-0.3, -0.25) is 33.6 Å². The zero-order valence-corrected chi connectivity index (χ0v) is 46.8. The van der Waals surface area contributed by atoms with Gasteiger partial charge >= 0.3 is 35.8 Å². The van der Waals surface area contributed by atoms with Gasteiger partial charge in [-0.15, -0.1) is 0 Å². The molecule has 0 spiro atoms. The molecule has 0 saturated carbocycles. The van der Waals surface area contributed by atoms with Crippen LogP contribution in [0.4, 0.5) is 4.79 Å². The number of thioether (sulfide) groups is 1. The van der Waals surface area contributed by atoms with Crippen LogP contribution in [0.2, 0.25) is 0 Å². The van der Waals surface area contributed by atoms with Crippen molar-refractivity contribution in [3.8, 4) is 0 Å². The largest absolute Gasteiger partial charge is 0.465 e. The van der Waals surface area contributed by atoms with E-state index in [0.717, 1.165) is 114 Å². The van der Waals surface area contributed by atoms with Gasteiger partial charge in [0.05, 0.1) is 51.9 Å². The number of carbonyl (C=O) groups excluding carboxylic acids is 7. The van der Waals surface area contributed by atoms with Gasteiger partial charge in [0, 0.05) is 56.2 Å². The number of nitrogens with zero attached hydrogens (tertiary/aromatic N) is 2. The van der Waals surface area contributed by atoms with Gasteiger partial charge in [-0.05, 0) is 39.8 Å². The van der Waals surface area contributed by atoms with E-state index in [9.17, 15) is 33.6 Å². The smallest absolute Gasteiger partial charge is 0.306 e. The maximum atomic E-state index is 13.6. The van der Waals surface area contributed by atoms with E-state index in [1.807, 2.05) is 19.0 Å². The van der Waals surface area contributed by atoms with Gasteiger partial charge in [0.1, 0.15) is 12.7 Å². The van der Waals surface area contributed by atoms with Gasteiger partial charge in [-0.2, -0.15) is 0 Å². The Bertz CT molecular complexity index is 1400. The Kier molecular flexibility index (Phi) is 41.7. The second-order valence-electron chi connectivity index (χ2n) is 20.2. The summed E-state index contributed by atoms with van der Waals surface area (Å²) in [6.07, 6.45) is 24.8. The molecule has 16 heteroatoms. The van der Waals surface area contributed by atoms with Crippen molar-refractivity contribution in [2.24, 2.45) is 11.8 Å². The first-order valence-electron chi connectivity index (χ1n) is 28.4. The minimum absolute atomic E-state index is 0.0820. The highest BCUT2D eigenvalue weighted by Gasteiger charge is 2.39. The first kappa shape index (κ1) is 66.6. The molecule has 1 aliphatic rings. The number of esters is 6. The molecule has 15 nitrogen and oxygen atoms in total. The average Bonchev–Trinajstić information content (AvgIpc) is 3.76.